The van der Waals surface area contributed by atoms with E-state index in [0.29, 0.717) is 5.38 Å². The van der Waals surface area contributed by atoms with Gasteiger partial charge in [-0.05, 0) is 12.8 Å². The zero-order valence-electron chi connectivity index (χ0n) is 5.08. The van der Waals surface area contributed by atoms with Gasteiger partial charge < -0.3 is 0 Å². The van der Waals surface area contributed by atoms with Crippen molar-refractivity contribution < 1.29 is 0 Å². The molecule has 0 amide bonds. The minimum atomic E-state index is 0.421. The lowest BCUT2D eigenvalue weighted by molar-refractivity contribution is 0.711. The summed E-state index contributed by atoms with van der Waals surface area (Å²) < 4.78 is 0. The summed E-state index contributed by atoms with van der Waals surface area (Å²) in [7, 11) is 0. The van der Waals surface area contributed by atoms with E-state index in [4.69, 9.17) is 11.6 Å². The number of alkyl halides is 1. The van der Waals surface area contributed by atoms with Crippen molar-refractivity contribution in [1.82, 2.24) is 0 Å². The molecule has 0 aliphatic carbocycles. The van der Waals surface area contributed by atoms with Gasteiger partial charge in [0, 0.05) is 5.38 Å². The zero-order valence-corrected chi connectivity index (χ0v) is 5.83. The van der Waals surface area contributed by atoms with Gasteiger partial charge in [0.2, 0.25) is 0 Å². The van der Waals surface area contributed by atoms with Crippen LogP contribution in [-0.4, -0.2) is 5.38 Å². The fourth-order valence-corrected chi connectivity index (χ4v) is 0.736. The molecular formula is C6H13Cl. The lowest BCUT2D eigenvalue weighted by atomic mass is 10.2. The van der Waals surface area contributed by atoms with Crippen LogP contribution in [0.25, 0.3) is 0 Å². The molecular weight excluding hydrogens is 108 g/mol. The number of hydrogen-bond donors (Lipinski definition) is 0. The second kappa shape index (κ2) is 4.45. The third-order valence-electron chi connectivity index (χ3n) is 1.04. The van der Waals surface area contributed by atoms with Crippen molar-refractivity contribution in [2.24, 2.45) is 0 Å². The van der Waals surface area contributed by atoms with Crippen LogP contribution in [-0.2, 0) is 0 Å². The highest BCUT2D eigenvalue weighted by Gasteiger charge is 1.95. The molecule has 0 saturated heterocycles. The maximum atomic E-state index is 5.77. The molecule has 1 heteroatoms. The topological polar surface area (TPSA) is 0 Å². The molecule has 0 rings (SSSR count). The SMILES string of the molecule is CCC[C@H](Cl)CC. The predicted octanol–water partition coefficient (Wildman–Crippen LogP) is 2.80. The Morgan fingerprint density at radius 1 is 1.43 bits per heavy atom. The Morgan fingerprint density at radius 2 is 2.00 bits per heavy atom. The van der Waals surface area contributed by atoms with Crippen molar-refractivity contribution in [3.63, 3.8) is 0 Å². The van der Waals surface area contributed by atoms with Crippen LogP contribution >= 0.6 is 11.6 Å². The molecule has 0 N–H and O–H groups in total. The average Bonchev–Trinajstić information content (AvgIpc) is 1.68. The highest BCUT2D eigenvalue weighted by Crippen LogP contribution is 2.07. The normalized spacial score (nSPS) is 14.1. The second-order valence-electron chi connectivity index (χ2n) is 1.79. The molecule has 7 heavy (non-hydrogen) atoms. The molecule has 0 heterocycles. The summed E-state index contributed by atoms with van der Waals surface area (Å²) in [6, 6.07) is 0. The Bertz CT molecular complexity index is 35.2. The third kappa shape index (κ3) is 4.14. The maximum Gasteiger partial charge on any atom is 0.0333 e. The first kappa shape index (κ1) is 7.29. The van der Waals surface area contributed by atoms with E-state index in [1.807, 2.05) is 0 Å². The molecule has 0 fully saturated rings. The summed E-state index contributed by atoms with van der Waals surface area (Å²) >= 11 is 5.77. The van der Waals surface area contributed by atoms with Crippen LogP contribution in [0, 0.1) is 0 Å². The Balaban J connectivity index is 2.83. The van der Waals surface area contributed by atoms with Gasteiger partial charge in [0.1, 0.15) is 0 Å². The van der Waals surface area contributed by atoms with Crippen LogP contribution in [0.3, 0.4) is 0 Å². The summed E-state index contributed by atoms with van der Waals surface area (Å²) in [4.78, 5) is 0. The molecule has 0 aliphatic heterocycles. The molecule has 0 bridgehead atoms. The van der Waals surface area contributed by atoms with E-state index in [0.717, 1.165) is 12.8 Å². The fraction of sp³-hybridized carbons (Fsp3) is 1.00. The number of hydrogen-bond acceptors (Lipinski definition) is 0. The third-order valence-corrected chi connectivity index (χ3v) is 1.57. The molecule has 1 atom stereocenters. The molecule has 44 valence electrons. The van der Waals surface area contributed by atoms with E-state index >= 15 is 0 Å². The quantitative estimate of drug-likeness (QED) is 0.503. The predicted molar refractivity (Wildman–Crippen MR) is 34.8 cm³/mol. The Labute approximate surface area is 50.9 Å². The van der Waals surface area contributed by atoms with Crippen LogP contribution in [0.1, 0.15) is 33.1 Å². The largest absolute Gasteiger partial charge is 0.123 e. The van der Waals surface area contributed by atoms with Crippen LogP contribution in [0.5, 0.6) is 0 Å². The first-order valence-electron chi connectivity index (χ1n) is 2.95. The van der Waals surface area contributed by atoms with Crippen molar-refractivity contribution in [3.8, 4) is 0 Å². The highest BCUT2D eigenvalue weighted by atomic mass is 35.5. The van der Waals surface area contributed by atoms with Crippen LogP contribution in [0.4, 0.5) is 0 Å². The van der Waals surface area contributed by atoms with E-state index in [1.54, 1.807) is 0 Å². The van der Waals surface area contributed by atoms with Crippen molar-refractivity contribution in [2.45, 2.75) is 38.5 Å². The summed E-state index contributed by atoms with van der Waals surface area (Å²) in [5.41, 5.74) is 0. The Hall–Kier alpha value is 0.290. The minimum absolute atomic E-state index is 0.421. The number of halogens is 1. The lowest BCUT2D eigenvalue weighted by Crippen LogP contribution is -1.92. The summed E-state index contributed by atoms with van der Waals surface area (Å²) in [6.45, 7) is 4.28. The molecule has 0 saturated carbocycles. The summed E-state index contributed by atoms with van der Waals surface area (Å²) in [6.07, 6.45) is 3.48. The van der Waals surface area contributed by atoms with Gasteiger partial charge >= 0.3 is 0 Å². The molecule has 0 aromatic rings. The molecule has 0 radical (unpaired) electrons. The Kier molecular flexibility index (Phi) is 4.63. The average molecular weight is 121 g/mol. The van der Waals surface area contributed by atoms with E-state index in [1.165, 1.54) is 6.42 Å². The zero-order chi connectivity index (χ0) is 5.70. The Morgan fingerprint density at radius 3 is 2.14 bits per heavy atom. The van der Waals surface area contributed by atoms with E-state index < -0.39 is 0 Å². The minimum Gasteiger partial charge on any atom is -0.123 e. The van der Waals surface area contributed by atoms with Gasteiger partial charge in [0.05, 0.1) is 0 Å². The van der Waals surface area contributed by atoms with Gasteiger partial charge in [-0.25, -0.2) is 0 Å². The monoisotopic (exact) mass is 120 g/mol. The van der Waals surface area contributed by atoms with Gasteiger partial charge in [-0.3, -0.25) is 0 Å². The van der Waals surface area contributed by atoms with Crippen molar-refractivity contribution in [1.29, 1.82) is 0 Å². The van der Waals surface area contributed by atoms with Gasteiger partial charge in [-0.15, -0.1) is 11.6 Å². The summed E-state index contributed by atoms with van der Waals surface area (Å²) in [5, 5.41) is 0.421. The smallest absolute Gasteiger partial charge is 0.0333 e. The van der Waals surface area contributed by atoms with Crippen molar-refractivity contribution >= 4 is 11.6 Å². The highest BCUT2D eigenvalue weighted by molar-refractivity contribution is 6.20. The van der Waals surface area contributed by atoms with Gasteiger partial charge in [0.15, 0.2) is 0 Å². The van der Waals surface area contributed by atoms with E-state index in [-0.39, 0.29) is 0 Å². The van der Waals surface area contributed by atoms with Crippen molar-refractivity contribution in [2.75, 3.05) is 0 Å². The van der Waals surface area contributed by atoms with E-state index in [2.05, 4.69) is 13.8 Å². The van der Waals surface area contributed by atoms with E-state index in [9.17, 15) is 0 Å². The molecule has 0 nitrogen and oxygen atoms in total. The van der Waals surface area contributed by atoms with Gasteiger partial charge in [-0.1, -0.05) is 20.3 Å². The summed E-state index contributed by atoms with van der Waals surface area (Å²) in [5.74, 6) is 0. The van der Waals surface area contributed by atoms with Gasteiger partial charge in [0.25, 0.3) is 0 Å². The van der Waals surface area contributed by atoms with Crippen molar-refractivity contribution in [3.05, 3.63) is 0 Å². The second-order valence-corrected chi connectivity index (χ2v) is 2.41. The molecule has 0 spiro atoms. The standard InChI is InChI=1S/C6H13Cl/c1-3-5-6(7)4-2/h6H,3-5H2,1-2H3/t6-/m1/s1. The molecule has 0 aromatic carbocycles. The fourth-order valence-electron chi connectivity index (χ4n) is 0.517. The maximum absolute atomic E-state index is 5.77. The molecule has 0 aromatic heterocycles. The van der Waals surface area contributed by atoms with Crippen LogP contribution in [0.15, 0.2) is 0 Å². The van der Waals surface area contributed by atoms with Crippen LogP contribution in [0.2, 0.25) is 0 Å². The van der Waals surface area contributed by atoms with Crippen LogP contribution < -0.4 is 0 Å². The first-order valence-corrected chi connectivity index (χ1v) is 3.39. The molecule has 0 aliphatic rings. The first-order chi connectivity index (χ1) is 3.31. The van der Waals surface area contributed by atoms with Gasteiger partial charge in [-0.2, -0.15) is 0 Å². The lowest BCUT2D eigenvalue weighted by Gasteiger charge is -1.99. The number of rotatable bonds is 3. The molecule has 0 unspecified atom stereocenters.